The molecular weight excluding hydrogens is 393 g/mol. The number of hydrogen-bond acceptors (Lipinski definition) is 3. The predicted molar refractivity (Wildman–Crippen MR) is 118 cm³/mol. The third kappa shape index (κ3) is 3.89. The smallest absolute Gasteiger partial charge is 0.227 e. The van der Waals surface area contributed by atoms with E-state index in [1.807, 2.05) is 54.6 Å². The molecule has 0 bridgehead atoms. The van der Waals surface area contributed by atoms with Crippen LogP contribution in [0.2, 0.25) is 0 Å². The van der Waals surface area contributed by atoms with Gasteiger partial charge in [-0.15, -0.1) is 0 Å². The van der Waals surface area contributed by atoms with Crippen LogP contribution in [0, 0.1) is 5.82 Å². The maximum absolute atomic E-state index is 13.7. The molecule has 1 aliphatic rings. The number of hydrogen-bond donors (Lipinski definition) is 0. The number of carbonyl (C=O) groups excluding carboxylic acids is 1. The molecule has 3 aromatic carbocycles. The molecule has 1 amide bonds. The van der Waals surface area contributed by atoms with E-state index in [4.69, 9.17) is 9.72 Å². The minimum Gasteiger partial charge on any atom is -0.492 e. The predicted octanol–water partition coefficient (Wildman–Crippen LogP) is 4.77. The van der Waals surface area contributed by atoms with Crippen LogP contribution in [0.4, 0.5) is 10.1 Å². The number of nitrogens with zero attached hydrogens (tertiary/aromatic N) is 3. The zero-order valence-electron chi connectivity index (χ0n) is 16.9. The number of benzene rings is 3. The largest absolute Gasteiger partial charge is 0.492 e. The number of aromatic nitrogens is 2. The van der Waals surface area contributed by atoms with E-state index in [-0.39, 0.29) is 17.6 Å². The molecule has 0 radical (unpaired) electrons. The molecule has 0 saturated carbocycles. The van der Waals surface area contributed by atoms with E-state index in [1.54, 1.807) is 17.0 Å². The summed E-state index contributed by atoms with van der Waals surface area (Å²) >= 11 is 0. The van der Waals surface area contributed by atoms with Crippen LogP contribution in [0.1, 0.15) is 18.2 Å². The number of halogens is 1. The molecule has 5 nitrogen and oxygen atoms in total. The van der Waals surface area contributed by atoms with Crippen LogP contribution in [-0.2, 0) is 11.3 Å². The molecule has 1 aliphatic heterocycles. The lowest BCUT2D eigenvalue weighted by Gasteiger charge is -2.17. The van der Waals surface area contributed by atoms with Crippen molar-refractivity contribution >= 4 is 22.6 Å². The summed E-state index contributed by atoms with van der Waals surface area (Å²) in [5, 5.41) is 0. The van der Waals surface area contributed by atoms with Crippen molar-refractivity contribution in [2.75, 3.05) is 18.1 Å². The number of ether oxygens (including phenoxy) is 1. The standard InChI is InChI=1S/C25H22FN3O2/c26-19-7-6-8-20(16-19)29-17-18(15-24(29)30)25-27-22-11-4-5-12-23(22)28(25)13-14-31-21-9-2-1-3-10-21/h1-12,16,18H,13-15,17H2. The summed E-state index contributed by atoms with van der Waals surface area (Å²) in [4.78, 5) is 19.2. The van der Waals surface area contributed by atoms with Crippen molar-refractivity contribution in [3.63, 3.8) is 0 Å². The summed E-state index contributed by atoms with van der Waals surface area (Å²) in [6, 6.07) is 23.8. The van der Waals surface area contributed by atoms with E-state index >= 15 is 0 Å². The van der Waals surface area contributed by atoms with Crippen LogP contribution in [0.5, 0.6) is 5.75 Å². The Hall–Kier alpha value is -3.67. The first-order chi connectivity index (χ1) is 15.2. The zero-order valence-corrected chi connectivity index (χ0v) is 16.9. The van der Waals surface area contributed by atoms with Crippen LogP contribution < -0.4 is 9.64 Å². The second-order valence-electron chi connectivity index (χ2n) is 7.66. The van der Waals surface area contributed by atoms with Gasteiger partial charge in [-0.1, -0.05) is 36.4 Å². The molecule has 1 atom stereocenters. The SMILES string of the molecule is O=C1CC(c2nc3ccccc3n2CCOc2ccccc2)CN1c1cccc(F)c1. The highest BCUT2D eigenvalue weighted by Gasteiger charge is 2.35. The molecule has 1 fully saturated rings. The van der Waals surface area contributed by atoms with Gasteiger partial charge in [0.2, 0.25) is 5.91 Å². The number of rotatable bonds is 6. The monoisotopic (exact) mass is 415 g/mol. The number of fused-ring (bicyclic) bond motifs is 1. The van der Waals surface area contributed by atoms with Crippen LogP contribution in [-0.4, -0.2) is 28.6 Å². The normalized spacial score (nSPS) is 16.2. The second-order valence-corrected chi connectivity index (χ2v) is 7.66. The zero-order chi connectivity index (χ0) is 21.2. The van der Waals surface area contributed by atoms with Gasteiger partial charge in [-0.25, -0.2) is 9.37 Å². The minimum atomic E-state index is -0.348. The highest BCUT2D eigenvalue weighted by molar-refractivity contribution is 5.96. The molecule has 6 heteroatoms. The van der Waals surface area contributed by atoms with Crippen molar-refractivity contribution in [3.05, 3.63) is 90.5 Å². The fraction of sp³-hybridized carbons (Fsp3) is 0.200. The lowest BCUT2D eigenvalue weighted by molar-refractivity contribution is -0.117. The van der Waals surface area contributed by atoms with E-state index in [1.165, 1.54) is 12.1 Å². The van der Waals surface area contributed by atoms with Gasteiger partial charge in [0.1, 0.15) is 24.0 Å². The van der Waals surface area contributed by atoms with Crippen molar-refractivity contribution < 1.29 is 13.9 Å². The third-order valence-electron chi connectivity index (χ3n) is 5.62. The Kier molecular flexibility index (Phi) is 5.12. The fourth-order valence-electron chi connectivity index (χ4n) is 4.19. The molecule has 4 aromatic rings. The highest BCUT2D eigenvalue weighted by atomic mass is 19.1. The quantitative estimate of drug-likeness (QED) is 0.456. The van der Waals surface area contributed by atoms with Crippen LogP contribution in [0.15, 0.2) is 78.9 Å². The van der Waals surface area contributed by atoms with E-state index < -0.39 is 0 Å². The van der Waals surface area contributed by atoms with E-state index in [0.29, 0.717) is 31.8 Å². The molecule has 156 valence electrons. The lowest BCUT2D eigenvalue weighted by atomic mass is 10.1. The number of carbonyl (C=O) groups is 1. The summed E-state index contributed by atoms with van der Waals surface area (Å²) in [6.45, 7) is 1.59. The van der Waals surface area contributed by atoms with Crippen LogP contribution >= 0.6 is 0 Å². The van der Waals surface area contributed by atoms with Gasteiger partial charge < -0.3 is 14.2 Å². The molecule has 0 spiro atoms. The molecule has 31 heavy (non-hydrogen) atoms. The number of anilines is 1. The molecule has 1 saturated heterocycles. The summed E-state index contributed by atoms with van der Waals surface area (Å²) in [5.41, 5.74) is 2.50. The molecule has 1 unspecified atom stereocenters. The first-order valence-electron chi connectivity index (χ1n) is 10.4. The topological polar surface area (TPSA) is 47.4 Å². The average molecular weight is 415 g/mol. The molecule has 5 rings (SSSR count). The Morgan fingerprint density at radius 1 is 1.00 bits per heavy atom. The van der Waals surface area contributed by atoms with E-state index in [2.05, 4.69) is 4.57 Å². The number of para-hydroxylation sites is 3. The molecule has 1 aromatic heterocycles. The maximum atomic E-state index is 13.7. The van der Waals surface area contributed by atoms with Gasteiger partial charge in [0, 0.05) is 24.6 Å². The maximum Gasteiger partial charge on any atom is 0.227 e. The van der Waals surface area contributed by atoms with E-state index in [9.17, 15) is 9.18 Å². The third-order valence-corrected chi connectivity index (χ3v) is 5.62. The van der Waals surface area contributed by atoms with Crippen molar-refractivity contribution in [1.29, 1.82) is 0 Å². The van der Waals surface area contributed by atoms with Crippen LogP contribution in [0.25, 0.3) is 11.0 Å². The van der Waals surface area contributed by atoms with Crippen molar-refractivity contribution in [3.8, 4) is 5.75 Å². The van der Waals surface area contributed by atoms with Crippen molar-refractivity contribution in [1.82, 2.24) is 9.55 Å². The van der Waals surface area contributed by atoms with Crippen molar-refractivity contribution in [2.24, 2.45) is 0 Å². The van der Waals surface area contributed by atoms with Gasteiger partial charge in [-0.05, 0) is 42.5 Å². The fourth-order valence-corrected chi connectivity index (χ4v) is 4.19. The van der Waals surface area contributed by atoms with Crippen molar-refractivity contribution in [2.45, 2.75) is 18.9 Å². The average Bonchev–Trinajstić information content (AvgIpc) is 3.35. The van der Waals surface area contributed by atoms with Gasteiger partial charge in [0.15, 0.2) is 0 Å². The first kappa shape index (κ1) is 19.3. The Labute approximate surface area is 179 Å². The summed E-state index contributed by atoms with van der Waals surface area (Å²) in [6.07, 6.45) is 0.347. The Balaban J connectivity index is 1.41. The number of amides is 1. The van der Waals surface area contributed by atoms with E-state index in [0.717, 1.165) is 22.6 Å². The van der Waals surface area contributed by atoms with Gasteiger partial charge in [0.05, 0.1) is 17.6 Å². The first-order valence-corrected chi connectivity index (χ1v) is 10.4. The van der Waals surface area contributed by atoms with Gasteiger partial charge in [0.25, 0.3) is 0 Å². The van der Waals surface area contributed by atoms with Gasteiger partial charge >= 0.3 is 0 Å². The Bertz CT molecular complexity index is 1220. The van der Waals surface area contributed by atoms with Gasteiger partial charge in [-0.3, -0.25) is 4.79 Å². The molecule has 0 N–H and O–H groups in total. The minimum absolute atomic E-state index is 0.0188. The summed E-state index contributed by atoms with van der Waals surface area (Å²) in [7, 11) is 0. The summed E-state index contributed by atoms with van der Waals surface area (Å²) < 4.78 is 21.7. The summed E-state index contributed by atoms with van der Waals surface area (Å²) in [5.74, 6) is 1.25. The Morgan fingerprint density at radius 3 is 2.65 bits per heavy atom. The molecule has 2 heterocycles. The number of imidazole rings is 1. The second kappa shape index (κ2) is 8.22. The highest BCUT2D eigenvalue weighted by Crippen LogP contribution is 2.33. The van der Waals surface area contributed by atoms with Crippen LogP contribution in [0.3, 0.4) is 0 Å². The van der Waals surface area contributed by atoms with Gasteiger partial charge in [-0.2, -0.15) is 0 Å². The molecule has 0 aliphatic carbocycles. The molecular formula is C25H22FN3O2. The lowest BCUT2D eigenvalue weighted by Crippen LogP contribution is -2.24. The Morgan fingerprint density at radius 2 is 1.81 bits per heavy atom.